The van der Waals surface area contributed by atoms with E-state index in [1.165, 1.54) is 11.0 Å². The van der Waals surface area contributed by atoms with Gasteiger partial charge in [0.1, 0.15) is 0 Å². The minimum atomic E-state index is -0.884. The number of aliphatic hydroxyl groups is 1. The Hall–Kier alpha value is -4.09. The number of carbonyl (C=O) groups excluding carboxylic acids is 1. The van der Waals surface area contributed by atoms with Crippen LogP contribution in [0.1, 0.15) is 30.0 Å². The van der Waals surface area contributed by atoms with E-state index in [9.17, 15) is 9.90 Å². The standard InChI is InChI=1S/C23H22ClN9O2/c1-14-28-30-33(29-14)17-4-5-19(24)20(9-17)27-22(34)18-11-26-32-7-6-15(8-21(18)32)16-10-25-31(12-16)13-23(2,3)35/h4-12,35H,13H2,1-3H3,(H,27,34). The van der Waals surface area contributed by atoms with E-state index in [-0.39, 0.29) is 5.91 Å². The number of nitrogens with zero attached hydrogens (tertiary/aromatic N) is 8. The molecule has 4 aromatic heterocycles. The van der Waals surface area contributed by atoms with Crippen molar-refractivity contribution in [1.82, 2.24) is 39.6 Å². The van der Waals surface area contributed by atoms with Crippen LogP contribution in [0, 0.1) is 6.92 Å². The Bertz CT molecular complexity index is 1540. The van der Waals surface area contributed by atoms with Gasteiger partial charge in [-0.3, -0.25) is 9.48 Å². The number of tetrazole rings is 1. The van der Waals surface area contributed by atoms with Crippen LogP contribution < -0.4 is 5.32 Å². The SMILES string of the molecule is Cc1nnn(-c2ccc(Cl)c(NC(=O)c3cnn4ccc(-c5cnn(CC(C)(C)O)c5)cc34)c2)n1. The normalized spacial score (nSPS) is 11.8. The Balaban J connectivity index is 1.43. The largest absolute Gasteiger partial charge is 0.389 e. The van der Waals surface area contributed by atoms with Gasteiger partial charge in [0.05, 0.1) is 52.0 Å². The van der Waals surface area contributed by atoms with Crippen molar-refractivity contribution in [3.63, 3.8) is 0 Å². The summed E-state index contributed by atoms with van der Waals surface area (Å²) >= 11 is 6.34. The van der Waals surface area contributed by atoms with Crippen LogP contribution in [0.3, 0.4) is 0 Å². The molecular formula is C23H22ClN9O2. The van der Waals surface area contributed by atoms with Gasteiger partial charge in [-0.25, -0.2) is 4.52 Å². The van der Waals surface area contributed by atoms with E-state index in [1.807, 2.05) is 18.3 Å². The number of anilines is 1. The fraction of sp³-hybridized carbons (Fsp3) is 0.217. The maximum atomic E-state index is 13.2. The summed E-state index contributed by atoms with van der Waals surface area (Å²) in [6, 6.07) is 8.83. The van der Waals surface area contributed by atoms with Gasteiger partial charge in [-0.15, -0.1) is 15.0 Å². The number of fused-ring (bicyclic) bond motifs is 1. The van der Waals surface area contributed by atoms with E-state index in [0.29, 0.717) is 39.8 Å². The number of nitrogens with one attached hydrogen (secondary N) is 1. The summed E-state index contributed by atoms with van der Waals surface area (Å²) < 4.78 is 3.31. The second kappa shape index (κ2) is 8.60. The molecule has 0 atom stereocenters. The number of aryl methyl sites for hydroxylation is 1. The molecular weight excluding hydrogens is 470 g/mol. The molecule has 0 spiro atoms. The number of pyridine rings is 1. The monoisotopic (exact) mass is 491 g/mol. The number of rotatable bonds is 6. The molecule has 2 N–H and O–H groups in total. The maximum Gasteiger partial charge on any atom is 0.259 e. The fourth-order valence-electron chi connectivity index (χ4n) is 3.65. The number of hydrogen-bond donors (Lipinski definition) is 2. The van der Waals surface area contributed by atoms with Crippen molar-refractivity contribution in [2.75, 3.05) is 5.32 Å². The molecule has 1 amide bonds. The van der Waals surface area contributed by atoms with Crippen LogP contribution in [0.5, 0.6) is 0 Å². The molecule has 0 unspecified atom stereocenters. The zero-order valence-corrected chi connectivity index (χ0v) is 20.0. The molecule has 0 bridgehead atoms. The van der Waals surface area contributed by atoms with E-state index in [4.69, 9.17) is 11.6 Å². The van der Waals surface area contributed by atoms with Crippen LogP contribution in [0.2, 0.25) is 5.02 Å². The van der Waals surface area contributed by atoms with Crippen molar-refractivity contribution in [1.29, 1.82) is 0 Å². The first-order chi connectivity index (χ1) is 16.7. The number of halogens is 1. The molecule has 0 saturated carbocycles. The first-order valence-corrected chi connectivity index (χ1v) is 11.1. The molecule has 4 heterocycles. The molecule has 1 aromatic carbocycles. The average Bonchev–Trinajstić information content (AvgIpc) is 3.53. The van der Waals surface area contributed by atoms with Crippen molar-refractivity contribution in [2.45, 2.75) is 32.9 Å². The number of benzene rings is 1. The molecule has 5 aromatic rings. The zero-order valence-electron chi connectivity index (χ0n) is 19.2. The molecule has 0 aliphatic carbocycles. The van der Waals surface area contributed by atoms with Crippen LogP contribution >= 0.6 is 11.6 Å². The summed E-state index contributed by atoms with van der Waals surface area (Å²) in [5, 5.41) is 33.9. The van der Waals surface area contributed by atoms with Crippen molar-refractivity contribution in [3.8, 4) is 16.8 Å². The van der Waals surface area contributed by atoms with Gasteiger partial charge in [-0.1, -0.05) is 11.6 Å². The van der Waals surface area contributed by atoms with Crippen LogP contribution in [0.15, 0.2) is 55.1 Å². The predicted molar refractivity (Wildman–Crippen MR) is 130 cm³/mol. The maximum absolute atomic E-state index is 13.2. The Labute approximate surface area is 204 Å². The Morgan fingerprint density at radius 1 is 1.14 bits per heavy atom. The highest BCUT2D eigenvalue weighted by Gasteiger charge is 2.18. The topological polar surface area (TPSA) is 128 Å². The highest BCUT2D eigenvalue weighted by molar-refractivity contribution is 6.34. The highest BCUT2D eigenvalue weighted by atomic mass is 35.5. The second-order valence-electron chi connectivity index (χ2n) is 8.79. The average molecular weight is 492 g/mol. The lowest BCUT2D eigenvalue weighted by Gasteiger charge is -2.16. The minimum Gasteiger partial charge on any atom is -0.389 e. The van der Waals surface area contributed by atoms with Gasteiger partial charge < -0.3 is 10.4 Å². The Morgan fingerprint density at radius 2 is 1.97 bits per heavy atom. The molecule has 12 heteroatoms. The Kier molecular flexibility index (Phi) is 5.58. The van der Waals surface area contributed by atoms with E-state index in [0.717, 1.165) is 11.1 Å². The van der Waals surface area contributed by atoms with Gasteiger partial charge in [0.2, 0.25) is 0 Å². The molecule has 0 fully saturated rings. The summed E-state index contributed by atoms with van der Waals surface area (Å²) in [7, 11) is 0. The first-order valence-electron chi connectivity index (χ1n) is 10.8. The molecule has 178 valence electrons. The quantitative estimate of drug-likeness (QED) is 0.373. The van der Waals surface area contributed by atoms with Gasteiger partial charge in [-0.2, -0.15) is 10.2 Å². The number of hydrogen-bond acceptors (Lipinski definition) is 7. The lowest BCUT2D eigenvalue weighted by Crippen LogP contribution is -2.26. The van der Waals surface area contributed by atoms with Gasteiger partial charge >= 0.3 is 0 Å². The zero-order chi connectivity index (χ0) is 24.7. The van der Waals surface area contributed by atoms with E-state index in [1.54, 1.807) is 60.6 Å². The first kappa shape index (κ1) is 22.7. The van der Waals surface area contributed by atoms with Crippen LogP contribution in [0.4, 0.5) is 5.69 Å². The summed E-state index contributed by atoms with van der Waals surface area (Å²) in [5.74, 6) is 0.162. The summed E-state index contributed by atoms with van der Waals surface area (Å²) in [6.45, 7) is 5.55. The third-order valence-electron chi connectivity index (χ3n) is 5.22. The van der Waals surface area contributed by atoms with Crippen LogP contribution in [-0.2, 0) is 6.54 Å². The predicted octanol–water partition coefficient (Wildman–Crippen LogP) is 3.16. The molecule has 0 saturated heterocycles. The molecule has 5 rings (SSSR count). The Morgan fingerprint density at radius 3 is 2.71 bits per heavy atom. The number of carbonyl (C=O) groups is 1. The van der Waals surface area contributed by atoms with Crippen molar-refractivity contribution < 1.29 is 9.90 Å². The third-order valence-corrected chi connectivity index (χ3v) is 5.55. The fourth-order valence-corrected chi connectivity index (χ4v) is 3.81. The van der Waals surface area contributed by atoms with Gasteiger partial charge in [0, 0.05) is 18.0 Å². The number of amides is 1. The molecule has 35 heavy (non-hydrogen) atoms. The molecule has 11 nitrogen and oxygen atoms in total. The lowest BCUT2D eigenvalue weighted by molar-refractivity contribution is 0.0577. The van der Waals surface area contributed by atoms with Crippen molar-refractivity contribution >= 4 is 28.7 Å². The van der Waals surface area contributed by atoms with Gasteiger partial charge in [-0.05, 0) is 61.9 Å². The highest BCUT2D eigenvalue weighted by Crippen LogP contribution is 2.27. The molecule has 0 radical (unpaired) electrons. The minimum absolute atomic E-state index is 0.360. The van der Waals surface area contributed by atoms with Crippen LogP contribution in [-0.4, -0.2) is 56.2 Å². The third kappa shape index (κ3) is 4.77. The summed E-state index contributed by atoms with van der Waals surface area (Å²) in [6.07, 6.45) is 6.86. The van der Waals surface area contributed by atoms with Gasteiger partial charge in [0.25, 0.3) is 5.91 Å². The molecule has 0 aliphatic heterocycles. The van der Waals surface area contributed by atoms with Gasteiger partial charge in [0.15, 0.2) is 5.82 Å². The van der Waals surface area contributed by atoms with Crippen molar-refractivity contribution in [3.05, 3.63) is 71.5 Å². The lowest BCUT2D eigenvalue weighted by atomic mass is 10.1. The van der Waals surface area contributed by atoms with E-state index in [2.05, 4.69) is 30.9 Å². The van der Waals surface area contributed by atoms with E-state index >= 15 is 0 Å². The van der Waals surface area contributed by atoms with Crippen LogP contribution in [0.25, 0.3) is 22.3 Å². The van der Waals surface area contributed by atoms with E-state index < -0.39 is 5.60 Å². The second-order valence-corrected chi connectivity index (χ2v) is 9.19. The molecule has 0 aliphatic rings. The smallest absolute Gasteiger partial charge is 0.259 e. The van der Waals surface area contributed by atoms with Crippen molar-refractivity contribution in [2.24, 2.45) is 0 Å². The summed E-state index contributed by atoms with van der Waals surface area (Å²) in [5.41, 5.74) is 2.86. The summed E-state index contributed by atoms with van der Waals surface area (Å²) in [4.78, 5) is 14.5. The number of aromatic nitrogens is 8.